The minimum Gasteiger partial charge on any atom is -0.384 e. The topological polar surface area (TPSA) is 93.8 Å². The van der Waals surface area contributed by atoms with Gasteiger partial charge in [-0.1, -0.05) is 11.6 Å². The normalized spacial score (nSPS) is 9.94. The van der Waals surface area contributed by atoms with Crippen LogP contribution in [0.15, 0.2) is 30.7 Å². The zero-order chi connectivity index (χ0) is 12.3. The molecule has 0 aliphatic rings. The van der Waals surface area contributed by atoms with Gasteiger partial charge in [0, 0.05) is 12.4 Å². The van der Waals surface area contributed by atoms with Crippen molar-refractivity contribution < 1.29 is 4.79 Å². The van der Waals surface area contributed by atoms with Crippen LogP contribution in [0.4, 0.5) is 11.6 Å². The molecule has 0 aliphatic heterocycles. The fourth-order valence-corrected chi connectivity index (χ4v) is 1.35. The molecule has 0 saturated carbocycles. The molecule has 2 aromatic heterocycles. The summed E-state index contributed by atoms with van der Waals surface area (Å²) in [6.07, 6.45) is 4.38. The van der Waals surface area contributed by atoms with E-state index in [0.29, 0.717) is 5.82 Å². The van der Waals surface area contributed by atoms with Crippen molar-refractivity contribution in [2.75, 3.05) is 11.1 Å². The molecule has 17 heavy (non-hydrogen) atoms. The van der Waals surface area contributed by atoms with Crippen molar-refractivity contribution in [3.05, 3.63) is 41.4 Å². The van der Waals surface area contributed by atoms with E-state index < -0.39 is 5.91 Å². The first-order chi connectivity index (χ1) is 8.16. The van der Waals surface area contributed by atoms with Crippen LogP contribution in [0.3, 0.4) is 0 Å². The van der Waals surface area contributed by atoms with Gasteiger partial charge < -0.3 is 11.1 Å². The van der Waals surface area contributed by atoms with Crippen molar-refractivity contribution in [3.63, 3.8) is 0 Å². The summed E-state index contributed by atoms with van der Waals surface area (Å²) < 4.78 is 0. The lowest BCUT2D eigenvalue weighted by Gasteiger charge is -2.05. The summed E-state index contributed by atoms with van der Waals surface area (Å²) >= 11 is 5.84. The summed E-state index contributed by atoms with van der Waals surface area (Å²) in [5.41, 5.74) is 5.53. The summed E-state index contributed by atoms with van der Waals surface area (Å²) in [5, 5.41) is 2.73. The van der Waals surface area contributed by atoms with E-state index in [0.717, 1.165) is 0 Å². The molecule has 0 spiro atoms. The van der Waals surface area contributed by atoms with Crippen molar-refractivity contribution in [2.45, 2.75) is 0 Å². The molecule has 6 nitrogen and oxygen atoms in total. The van der Waals surface area contributed by atoms with Gasteiger partial charge in [-0.2, -0.15) is 0 Å². The maximum absolute atomic E-state index is 11.8. The van der Waals surface area contributed by atoms with Gasteiger partial charge in [-0.25, -0.2) is 9.97 Å². The molecule has 0 radical (unpaired) electrons. The van der Waals surface area contributed by atoms with Crippen LogP contribution in [-0.4, -0.2) is 20.9 Å². The highest BCUT2D eigenvalue weighted by Crippen LogP contribution is 2.16. The molecule has 2 aromatic rings. The monoisotopic (exact) mass is 249 g/mol. The third-order valence-corrected chi connectivity index (χ3v) is 2.19. The number of amides is 1. The highest BCUT2D eigenvalue weighted by molar-refractivity contribution is 6.34. The van der Waals surface area contributed by atoms with Gasteiger partial charge in [0.2, 0.25) is 0 Å². The summed E-state index contributed by atoms with van der Waals surface area (Å²) in [7, 11) is 0. The molecule has 7 heteroatoms. The molecule has 0 aromatic carbocycles. The molecule has 2 rings (SSSR count). The molecule has 0 saturated heterocycles. The Bertz CT molecular complexity index is 546. The number of carbonyl (C=O) groups excluding carboxylic acids is 1. The largest absolute Gasteiger partial charge is 0.384 e. The molecule has 0 bridgehead atoms. The second-order valence-corrected chi connectivity index (χ2v) is 3.52. The van der Waals surface area contributed by atoms with Gasteiger partial charge in [-0.15, -0.1) is 0 Å². The summed E-state index contributed by atoms with van der Waals surface area (Å²) in [6, 6.07) is 3.02. The first-order valence-electron chi connectivity index (χ1n) is 4.66. The van der Waals surface area contributed by atoms with Crippen molar-refractivity contribution >= 4 is 29.1 Å². The number of aromatic nitrogens is 3. The molecule has 0 fully saturated rings. The second-order valence-electron chi connectivity index (χ2n) is 3.11. The van der Waals surface area contributed by atoms with E-state index in [1.807, 2.05) is 0 Å². The fraction of sp³-hybridized carbons (Fsp3) is 0. The maximum atomic E-state index is 11.8. The molecular formula is C10H8ClN5O. The second kappa shape index (κ2) is 4.75. The minimum absolute atomic E-state index is 0.0531. The van der Waals surface area contributed by atoms with Crippen molar-refractivity contribution in [3.8, 4) is 0 Å². The van der Waals surface area contributed by atoms with Crippen LogP contribution >= 0.6 is 11.6 Å². The van der Waals surface area contributed by atoms with Gasteiger partial charge in [0.05, 0.1) is 11.2 Å². The van der Waals surface area contributed by atoms with Crippen LogP contribution in [0.25, 0.3) is 0 Å². The van der Waals surface area contributed by atoms with Crippen LogP contribution < -0.4 is 11.1 Å². The number of pyridine rings is 1. The number of hydrogen-bond donors (Lipinski definition) is 2. The smallest absolute Gasteiger partial charge is 0.277 e. The van der Waals surface area contributed by atoms with E-state index in [2.05, 4.69) is 20.3 Å². The Balaban J connectivity index is 2.23. The minimum atomic E-state index is -0.484. The van der Waals surface area contributed by atoms with Gasteiger partial charge in [0.25, 0.3) is 5.91 Å². The predicted molar refractivity (Wildman–Crippen MR) is 63.6 cm³/mol. The number of nitrogens with one attached hydrogen (secondary N) is 1. The van der Waals surface area contributed by atoms with Crippen LogP contribution in [0.5, 0.6) is 0 Å². The number of carbonyl (C=O) groups is 1. The number of nitrogens with two attached hydrogens (primary N) is 1. The predicted octanol–water partition coefficient (Wildman–Crippen LogP) is 1.36. The van der Waals surface area contributed by atoms with Gasteiger partial charge in [0.1, 0.15) is 11.5 Å². The maximum Gasteiger partial charge on any atom is 0.277 e. The highest BCUT2D eigenvalue weighted by atomic mass is 35.5. The zero-order valence-electron chi connectivity index (χ0n) is 8.59. The average molecular weight is 250 g/mol. The quantitative estimate of drug-likeness (QED) is 0.838. The zero-order valence-corrected chi connectivity index (χ0v) is 9.35. The summed E-state index contributed by atoms with van der Waals surface area (Å²) in [4.78, 5) is 23.4. The van der Waals surface area contributed by atoms with E-state index in [1.54, 1.807) is 0 Å². The molecule has 0 atom stereocenters. The Morgan fingerprint density at radius 3 is 2.88 bits per heavy atom. The van der Waals surface area contributed by atoms with Crippen molar-refractivity contribution in [2.24, 2.45) is 0 Å². The van der Waals surface area contributed by atoms with Gasteiger partial charge >= 0.3 is 0 Å². The highest BCUT2D eigenvalue weighted by Gasteiger charge is 2.13. The number of nitrogens with zero attached hydrogens (tertiary/aromatic N) is 3. The summed E-state index contributed by atoms with van der Waals surface area (Å²) in [6.45, 7) is 0. The fourth-order valence-electron chi connectivity index (χ4n) is 1.16. The van der Waals surface area contributed by atoms with E-state index in [9.17, 15) is 4.79 Å². The van der Waals surface area contributed by atoms with Gasteiger partial charge in [-0.05, 0) is 12.1 Å². The molecule has 2 heterocycles. The Hall–Kier alpha value is -2.21. The first-order valence-corrected chi connectivity index (χ1v) is 5.04. The third kappa shape index (κ3) is 2.67. The lowest BCUT2D eigenvalue weighted by atomic mass is 10.3. The lowest BCUT2D eigenvalue weighted by Crippen LogP contribution is -2.16. The molecule has 1 amide bonds. The van der Waals surface area contributed by atoms with Crippen molar-refractivity contribution in [1.82, 2.24) is 15.0 Å². The summed E-state index contributed by atoms with van der Waals surface area (Å²) in [5.74, 6) is 0.0549. The van der Waals surface area contributed by atoms with Crippen LogP contribution in [0.2, 0.25) is 5.02 Å². The lowest BCUT2D eigenvalue weighted by molar-refractivity contribution is 0.102. The Morgan fingerprint density at radius 2 is 2.18 bits per heavy atom. The van der Waals surface area contributed by atoms with Gasteiger partial charge in [-0.3, -0.25) is 9.78 Å². The number of halogens is 1. The molecule has 0 aliphatic carbocycles. The standard InChI is InChI=1S/C10H8ClN5O/c11-6-1-2-7(12)15-9(6)10(17)16-8-5-13-3-4-14-8/h1-5H,(H2,12,15)(H,14,16,17). The van der Waals surface area contributed by atoms with Crippen LogP contribution in [0.1, 0.15) is 10.5 Å². The van der Waals surface area contributed by atoms with E-state index in [1.165, 1.54) is 30.7 Å². The van der Waals surface area contributed by atoms with E-state index in [-0.39, 0.29) is 16.5 Å². The average Bonchev–Trinajstić information content (AvgIpc) is 2.33. The molecule has 3 N–H and O–H groups in total. The number of anilines is 2. The third-order valence-electron chi connectivity index (χ3n) is 1.89. The number of nitrogen functional groups attached to an aromatic ring is 1. The SMILES string of the molecule is Nc1ccc(Cl)c(C(=O)Nc2cnccn2)n1. The van der Waals surface area contributed by atoms with Crippen molar-refractivity contribution in [1.29, 1.82) is 0 Å². The molecule has 86 valence electrons. The Labute approximate surface area is 102 Å². The van der Waals surface area contributed by atoms with Crippen LogP contribution in [0, 0.1) is 0 Å². The molecular weight excluding hydrogens is 242 g/mol. The van der Waals surface area contributed by atoms with Crippen LogP contribution in [-0.2, 0) is 0 Å². The van der Waals surface area contributed by atoms with E-state index >= 15 is 0 Å². The number of hydrogen-bond acceptors (Lipinski definition) is 5. The Morgan fingerprint density at radius 1 is 1.35 bits per heavy atom. The Kier molecular flexibility index (Phi) is 3.15. The number of rotatable bonds is 2. The molecule has 0 unspecified atom stereocenters. The first kappa shape index (κ1) is 11.3. The van der Waals surface area contributed by atoms with Gasteiger partial charge in [0.15, 0.2) is 5.82 Å². The van der Waals surface area contributed by atoms with E-state index in [4.69, 9.17) is 17.3 Å².